The maximum atomic E-state index is 12.6. The van der Waals surface area contributed by atoms with Gasteiger partial charge >= 0.3 is 0 Å². The minimum absolute atomic E-state index is 0.239. The highest BCUT2D eigenvalue weighted by Crippen LogP contribution is 2.27. The Bertz CT molecular complexity index is 526. The lowest BCUT2D eigenvalue weighted by atomic mass is 9.98. The number of nitrogens with one attached hydrogen (secondary N) is 1. The van der Waals surface area contributed by atoms with E-state index in [-0.39, 0.29) is 4.90 Å². The second-order valence-corrected chi connectivity index (χ2v) is 7.18. The Balaban J connectivity index is 2.06. The van der Waals surface area contributed by atoms with Gasteiger partial charge in [0.05, 0.1) is 0 Å². The molecule has 1 aliphatic heterocycles. The van der Waals surface area contributed by atoms with Crippen LogP contribution in [-0.4, -0.2) is 44.1 Å². The van der Waals surface area contributed by atoms with E-state index < -0.39 is 10.0 Å². The van der Waals surface area contributed by atoms with Crippen LogP contribution in [0.25, 0.3) is 0 Å². The van der Waals surface area contributed by atoms with Crippen molar-refractivity contribution in [2.45, 2.75) is 38.5 Å². The Morgan fingerprint density at radius 2 is 2.00 bits per heavy atom. The first-order chi connectivity index (χ1) is 9.46. The molecule has 0 aliphatic carbocycles. The summed E-state index contributed by atoms with van der Waals surface area (Å²) < 4.78 is 31.8. The SMILES string of the molecule is CCNCC1CCN(S(=O)(=O)c2c(C)noc2C)CC1. The first kappa shape index (κ1) is 15.5. The second-order valence-electron chi connectivity index (χ2n) is 5.31. The number of hydrogen-bond donors (Lipinski definition) is 1. The summed E-state index contributed by atoms with van der Waals surface area (Å²) >= 11 is 0. The highest BCUT2D eigenvalue weighted by Gasteiger charge is 2.33. The van der Waals surface area contributed by atoms with Crippen molar-refractivity contribution in [2.75, 3.05) is 26.2 Å². The van der Waals surface area contributed by atoms with Gasteiger partial charge in [-0.05, 0) is 45.7 Å². The summed E-state index contributed by atoms with van der Waals surface area (Å²) in [6.07, 6.45) is 1.80. The van der Waals surface area contributed by atoms with Crippen molar-refractivity contribution in [2.24, 2.45) is 5.92 Å². The van der Waals surface area contributed by atoms with Crippen molar-refractivity contribution in [3.8, 4) is 0 Å². The van der Waals surface area contributed by atoms with Crippen LogP contribution in [0.1, 0.15) is 31.2 Å². The zero-order chi connectivity index (χ0) is 14.8. The third kappa shape index (κ3) is 3.05. The average Bonchev–Trinajstić information content (AvgIpc) is 2.77. The Kier molecular flexibility index (Phi) is 4.82. The summed E-state index contributed by atoms with van der Waals surface area (Å²) in [5, 5.41) is 7.07. The van der Waals surface area contributed by atoms with Crippen LogP contribution in [0.15, 0.2) is 9.42 Å². The Labute approximate surface area is 120 Å². The molecule has 0 aromatic carbocycles. The number of piperidine rings is 1. The monoisotopic (exact) mass is 301 g/mol. The largest absolute Gasteiger partial charge is 0.360 e. The molecule has 1 fully saturated rings. The zero-order valence-electron chi connectivity index (χ0n) is 12.3. The van der Waals surface area contributed by atoms with E-state index in [2.05, 4.69) is 17.4 Å². The Morgan fingerprint density at radius 3 is 2.50 bits per heavy atom. The van der Waals surface area contributed by atoms with E-state index >= 15 is 0 Å². The van der Waals surface area contributed by atoms with Gasteiger partial charge in [0, 0.05) is 13.1 Å². The smallest absolute Gasteiger partial charge is 0.248 e. The van der Waals surface area contributed by atoms with Crippen molar-refractivity contribution in [3.05, 3.63) is 11.5 Å². The number of hydrogen-bond acceptors (Lipinski definition) is 5. The summed E-state index contributed by atoms with van der Waals surface area (Å²) in [4.78, 5) is 0.239. The lowest BCUT2D eigenvalue weighted by Gasteiger charge is -2.31. The van der Waals surface area contributed by atoms with Crippen molar-refractivity contribution in [3.63, 3.8) is 0 Å². The number of aromatic nitrogens is 1. The molecule has 0 spiro atoms. The Hall–Kier alpha value is -0.920. The van der Waals surface area contributed by atoms with Gasteiger partial charge in [0.25, 0.3) is 0 Å². The molecule has 6 nitrogen and oxygen atoms in total. The van der Waals surface area contributed by atoms with E-state index in [0.717, 1.165) is 25.9 Å². The zero-order valence-corrected chi connectivity index (χ0v) is 13.2. The lowest BCUT2D eigenvalue weighted by molar-refractivity contribution is 0.268. The summed E-state index contributed by atoms with van der Waals surface area (Å²) in [5.74, 6) is 0.934. The first-order valence-corrected chi connectivity index (χ1v) is 8.54. The topological polar surface area (TPSA) is 75.4 Å². The first-order valence-electron chi connectivity index (χ1n) is 7.10. The molecule has 0 radical (unpaired) electrons. The molecule has 1 aromatic rings. The molecule has 1 aliphatic rings. The van der Waals surface area contributed by atoms with Crippen LogP contribution in [0.3, 0.4) is 0 Å². The fraction of sp³-hybridized carbons (Fsp3) is 0.769. The summed E-state index contributed by atoms with van der Waals surface area (Å²) in [7, 11) is -3.47. The predicted octanol–water partition coefficient (Wildman–Crippen LogP) is 1.30. The molecule has 114 valence electrons. The van der Waals surface area contributed by atoms with Crippen LogP contribution in [0.4, 0.5) is 0 Å². The van der Waals surface area contributed by atoms with Crippen LogP contribution in [-0.2, 0) is 10.0 Å². The number of rotatable bonds is 5. The van der Waals surface area contributed by atoms with Crippen molar-refractivity contribution in [1.29, 1.82) is 0 Å². The van der Waals surface area contributed by atoms with Gasteiger partial charge in [0.1, 0.15) is 10.6 Å². The molecule has 2 rings (SSSR count). The van der Waals surface area contributed by atoms with Gasteiger partial charge in [-0.2, -0.15) is 4.31 Å². The quantitative estimate of drug-likeness (QED) is 0.887. The van der Waals surface area contributed by atoms with Crippen LogP contribution >= 0.6 is 0 Å². The van der Waals surface area contributed by atoms with E-state index in [1.807, 2.05) is 0 Å². The Morgan fingerprint density at radius 1 is 1.35 bits per heavy atom. The molecular formula is C13H23N3O3S. The second kappa shape index (κ2) is 6.24. The van der Waals surface area contributed by atoms with Crippen molar-refractivity contribution in [1.82, 2.24) is 14.8 Å². The average molecular weight is 301 g/mol. The summed E-state index contributed by atoms with van der Waals surface area (Å²) in [6.45, 7) is 8.46. The van der Waals surface area contributed by atoms with Gasteiger partial charge < -0.3 is 9.84 Å². The van der Waals surface area contributed by atoms with E-state index in [0.29, 0.717) is 30.5 Å². The van der Waals surface area contributed by atoms with Gasteiger partial charge in [-0.3, -0.25) is 0 Å². The highest BCUT2D eigenvalue weighted by molar-refractivity contribution is 7.89. The highest BCUT2D eigenvalue weighted by atomic mass is 32.2. The van der Waals surface area contributed by atoms with Crippen LogP contribution in [0.2, 0.25) is 0 Å². The van der Waals surface area contributed by atoms with Crippen LogP contribution < -0.4 is 5.32 Å². The summed E-state index contributed by atoms with van der Waals surface area (Å²) in [5.41, 5.74) is 0.442. The molecule has 2 heterocycles. The molecule has 20 heavy (non-hydrogen) atoms. The molecule has 0 amide bonds. The standard InChI is InChI=1S/C13H23N3O3S/c1-4-14-9-12-5-7-16(8-6-12)20(17,18)13-10(2)15-19-11(13)3/h12,14H,4-9H2,1-3H3. The molecule has 0 unspecified atom stereocenters. The van der Waals surface area contributed by atoms with E-state index in [9.17, 15) is 8.42 Å². The number of aryl methyl sites for hydroxylation is 2. The fourth-order valence-corrected chi connectivity index (χ4v) is 4.44. The summed E-state index contributed by atoms with van der Waals surface area (Å²) in [6, 6.07) is 0. The van der Waals surface area contributed by atoms with Gasteiger partial charge in [-0.15, -0.1) is 0 Å². The van der Waals surface area contributed by atoms with E-state index in [1.165, 1.54) is 0 Å². The van der Waals surface area contributed by atoms with Gasteiger partial charge in [-0.25, -0.2) is 8.42 Å². The maximum Gasteiger partial charge on any atom is 0.248 e. The maximum absolute atomic E-state index is 12.6. The molecule has 7 heteroatoms. The minimum atomic E-state index is -3.47. The van der Waals surface area contributed by atoms with Gasteiger partial charge in [0.15, 0.2) is 5.76 Å². The lowest BCUT2D eigenvalue weighted by Crippen LogP contribution is -2.41. The number of nitrogens with zero attached hydrogens (tertiary/aromatic N) is 2. The predicted molar refractivity (Wildman–Crippen MR) is 76.0 cm³/mol. The van der Waals surface area contributed by atoms with E-state index in [4.69, 9.17) is 4.52 Å². The molecule has 0 bridgehead atoms. The van der Waals surface area contributed by atoms with Crippen LogP contribution in [0, 0.1) is 19.8 Å². The van der Waals surface area contributed by atoms with Gasteiger partial charge in [0.2, 0.25) is 10.0 Å². The normalized spacial score (nSPS) is 18.6. The molecule has 1 N–H and O–H groups in total. The molecule has 1 aromatic heterocycles. The number of sulfonamides is 1. The molecule has 0 atom stereocenters. The minimum Gasteiger partial charge on any atom is -0.360 e. The fourth-order valence-electron chi connectivity index (χ4n) is 2.67. The van der Waals surface area contributed by atoms with Gasteiger partial charge in [-0.1, -0.05) is 12.1 Å². The van der Waals surface area contributed by atoms with Crippen molar-refractivity contribution < 1.29 is 12.9 Å². The molecule has 1 saturated heterocycles. The molecule has 0 saturated carbocycles. The van der Waals surface area contributed by atoms with Crippen molar-refractivity contribution >= 4 is 10.0 Å². The van der Waals surface area contributed by atoms with Crippen LogP contribution in [0.5, 0.6) is 0 Å². The third-order valence-electron chi connectivity index (χ3n) is 3.82. The third-order valence-corrected chi connectivity index (χ3v) is 5.97. The van der Waals surface area contributed by atoms with E-state index in [1.54, 1.807) is 18.2 Å². The molecular weight excluding hydrogens is 278 g/mol.